The van der Waals surface area contributed by atoms with Crippen LogP contribution in [0.1, 0.15) is 0 Å². The molecule has 0 heterocycles. The molecule has 0 rings (SSSR count). The van der Waals surface area contributed by atoms with Crippen LogP contribution in [0.25, 0.3) is 0 Å². The zero-order valence-electron chi connectivity index (χ0n) is 5.48. The predicted octanol–water partition coefficient (Wildman–Crippen LogP) is 2.11. The summed E-state index contributed by atoms with van der Waals surface area (Å²) in [6, 6.07) is 0. The highest BCUT2D eigenvalue weighted by Crippen LogP contribution is 1.97. The summed E-state index contributed by atoms with van der Waals surface area (Å²) in [5.41, 5.74) is 5.59. The van der Waals surface area contributed by atoms with Crippen molar-refractivity contribution in [1.29, 1.82) is 0 Å². The Hall–Kier alpha value is -0.760. The van der Waals surface area contributed by atoms with E-state index in [2.05, 4.69) is 6.58 Å². The van der Waals surface area contributed by atoms with Crippen molar-refractivity contribution in [3.8, 4) is 0 Å². The lowest BCUT2D eigenvalue weighted by atomic mass is 10.3. The third-order valence-corrected chi connectivity index (χ3v) is 0.901. The summed E-state index contributed by atoms with van der Waals surface area (Å²) in [5, 5.41) is 0. The van der Waals surface area contributed by atoms with E-state index in [0.717, 1.165) is 6.08 Å². The van der Waals surface area contributed by atoms with Crippen LogP contribution in [0, 0.1) is 0 Å². The fraction of sp³-hybridized carbons (Fsp3) is 0.143. The molecule has 0 saturated heterocycles. The van der Waals surface area contributed by atoms with Crippen LogP contribution >= 0.6 is 11.6 Å². The van der Waals surface area contributed by atoms with E-state index in [0.29, 0.717) is 11.6 Å². The second-order valence-electron chi connectivity index (χ2n) is 1.65. The number of hydrogen-bond donors (Lipinski definition) is 1. The minimum Gasteiger partial charge on any atom is -0.399 e. The van der Waals surface area contributed by atoms with Crippen molar-refractivity contribution < 1.29 is 4.39 Å². The van der Waals surface area contributed by atoms with Gasteiger partial charge in [0, 0.05) is 11.6 Å². The average molecular weight is 162 g/mol. The summed E-state index contributed by atoms with van der Waals surface area (Å²) in [7, 11) is 0. The molecule has 0 aliphatic heterocycles. The molecule has 0 atom stereocenters. The number of alkyl halides is 1. The fourth-order valence-corrected chi connectivity index (χ4v) is 0.499. The highest BCUT2D eigenvalue weighted by Gasteiger charge is 1.83. The summed E-state index contributed by atoms with van der Waals surface area (Å²) in [4.78, 5) is 0. The van der Waals surface area contributed by atoms with Crippen LogP contribution in [0.4, 0.5) is 4.39 Å². The Bertz CT molecular complexity index is 172. The first kappa shape index (κ1) is 9.24. The van der Waals surface area contributed by atoms with Gasteiger partial charge < -0.3 is 5.73 Å². The number of hydrogen-bond acceptors (Lipinski definition) is 1. The number of allylic oxidation sites excluding steroid dienone is 4. The first-order chi connectivity index (χ1) is 4.66. The largest absolute Gasteiger partial charge is 0.399 e. The van der Waals surface area contributed by atoms with Crippen LogP contribution in [0.2, 0.25) is 0 Å². The van der Waals surface area contributed by atoms with E-state index in [9.17, 15) is 4.39 Å². The zero-order chi connectivity index (χ0) is 7.98. The minimum absolute atomic E-state index is 0.313. The molecule has 0 bridgehead atoms. The molecule has 0 spiro atoms. The van der Waals surface area contributed by atoms with E-state index < -0.39 is 5.83 Å². The smallest absolute Gasteiger partial charge is 0.118 e. The standard InChI is InChI=1S/C7H9ClFN/c1-6(9)5-7(10)3-2-4-8/h2-3,5H,1,4,10H2/b3-2-,7-5+. The van der Waals surface area contributed by atoms with Gasteiger partial charge in [0.15, 0.2) is 0 Å². The van der Waals surface area contributed by atoms with Gasteiger partial charge in [-0.15, -0.1) is 11.6 Å². The van der Waals surface area contributed by atoms with E-state index in [1.165, 1.54) is 6.08 Å². The van der Waals surface area contributed by atoms with Crippen molar-refractivity contribution in [3.05, 3.63) is 36.3 Å². The van der Waals surface area contributed by atoms with Crippen LogP contribution in [0.5, 0.6) is 0 Å². The van der Waals surface area contributed by atoms with Gasteiger partial charge in [0.25, 0.3) is 0 Å². The maximum Gasteiger partial charge on any atom is 0.118 e. The summed E-state index contributed by atoms with van der Waals surface area (Å²) in [6.07, 6.45) is 4.27. The van der Waals surface area contributed by atoms with Crippen molar-refractivity contribution >= 4 is 11.6 Å². The normalized spacial score (nSPS) is 12.4. The maximum absolute atomic E-state index is 12.0. The molecule has 0 aromatic rings. The van der Waals surface area contributed by atoms with Gasteiger partial charge in [-0.1, -0.05) is 12.7 Å². The second-order valence-corrected chi connectivity index (χ2v) is 1.96. The summed E-state index contributed by atoms with van der Waals surface area (Å²) < 4.78 is 12.0. The highest BCUT2D eigenvalue weighted by molar-refractivity contribution is 6.18. The molecule has 0 unspecified atom stereocenters. The molecule has 0 fully saturated rings. The van der Waals surface area contributed by atoms with Crippen molar-refractivity contribution in [2.75, 3.05) is 5.88 Å². The molecule has 2 N–H and O–H groups in total. The Morgan fingerprint density at radius 2 is 2.30 bits per heavy atom. The van der Waals surface area contributed by atoms with E-state index in [4.69, 9.17) is 17.3 Å². The van der Waals surface area contributed by atoms with Crippen molar-refractivity contribution in [2.45, 2.75) is 0 Å². The topological polar surface area (TPSA) is 26.0 Å². The third-order valence-electron chi connectivity index (χ3n) is 0.723. The Balaban J connectivity index is 3.94. The molecule has 10 heavy (non-hydrogen) atoms. The SMILES string of the molecule is C=C(F)/C=C(N)\C=C/CCl. The lowest BCUT2D eigenvalue weighted by Crippen LogP contribution is -1.92. The van der Waals surface area contributed by atoms with Crippen LogP contribution in [-0.2, 0) is 0 Å². The van der Waals surface area contributed by atoms with Crippen LogP contribution in [-0.4, -0.2) is 5.88 Å². The Morgan fingerprint density at radius 3 is 2.70 bits per heavy atom. The van der Waals surface area contributed by atoms with Crippen LogP contribution in [0.15, 0.2) is 36.3 Å². The molecule has 0 aromatic heterocycles. The molecule has 0 saturated carbocycles. The van der Waals surface area contributed by atoms with E-state index in [-0.39, 0.29) is 0 Å². The van der Waals surface area contributed by atoms with Crippen molar-refractivity contribution in [1.82, 2.24) is 0 Å². The number of nitrogens with two attached hydrogens (primary N) is 1. The summed E-state index contributed by atoms with van der Waals surface area (Å²) in [6.45, 7) is 3.01. The lowest BCUT2D eigenvalue weighted by Gasteiger charge is -1.88. The number of halogens is 2. The number of rotatable bonds is 3. The molecule has 0 aliphatic carbocycles. The van der Waals surface area contributed by atoms with Crippen LogP contribution in [0.3, 0.4) is 0 Å². The van der Waals surface area contributed by atoms with Gasteiger partial charge in [0.1, 0.15) is 5.83 Å². The predicted molar refractivity (Wildman–Crippen MR) is 42.4 cm³/mol. The molecule has 0 aliphatic rings. The van der Waals surface area contributed by atoms with Gasteiger partial charge in [-0.2, -0.15) is 0 Å². The molecule has 0 amide bonds. The molecule has 0 radical (unpaired) electrons. The molecular formula is C7H9ClFN. The van der Waals surface area contributed by atoms with Gasteiger partial charge in [-0.25, -0.2) is 4.39 Å². The van der Waals surface area contributed by atoms with Gasteiger partial charge in [-0.05, 0) is 12.2 Å². The third kappa shape index (κ3) is 5.38. The second kappa shape index (κ2) is 5.06. The quantitative estimate of drug-likeness (QED) is 0.498. The average Bonchev–Trinajstić information content (AvgIpc) is 1.82. The molecule has 0 aromatic carbocycles. The first-order valence-corrected chi connectivity index (χ1v) is 3.24. The fourth-order valence-electron chi connectivity index (χ4n) is 0.410. The lowest BCUT2D eigenvalue weighted by molar-refractivity contribution is 0.670. The molecule has 3 heteroatoms. The Morgan fingerprint density at radius 1 is 1.70 bits per heavy atom. The van der Waals surface area contributed by atoms with Gasteiger partial charge >= 0.3 is 0 Å². The highest BCUT2D eigenvalue weighted by atomic mass is 35.5. The molecule has 1 nitrogen and oxygen atoms in total. The van der Waals surface area contributed by atoms with Gasteiger partial charge in [0.2, 0.25) is 0 Å². The minimum atomic E-state index is -0.559. The summed E-state index contributed by atoms with van der Waals surface area (Å²) in [5.74, 6) is -0.190. The van der Waals surface area contributed by atoms with Gasteiger partial charge in [0.05, 0.1) is 0 Å². The molecule has 56 valence electrons. The summed E-state index contributed by atoms with van der Waals surface area (Å²) >= 11 is 5.30. The Kier molecular flexibility index (Phi) is 4.67. The monoisotopic (exact) mass is 161 g/mol. The first-order valence-electron chi connectivity index (χ1n) is 2.71. The van der Waals surface area contributed by atoms with E-state index >= 15 is 0 Å². The van der Waals surface area contributed by atoms with E-state index in [1.54, 1.807) is 6.08 Å². The van der Waals surface area contributed by atoms with Crippen molar-refractivity contribution in [3.63, 3.8) is 0 Å². The molecular weight excluding hydrogens is 153 g/mol. The van der Waals surface area contributed by atoms with Crippen LogP contribution < -0.4 is 5.73 Å². The maximum atomic E-state index is 12.0. The van der Waals surface area contributed by atoms with E-state index in [1.807, 2.05) is 0 Å². The van der Waals surface area contributed by atoms with Gasteiger partial charge in [-0.3, -0.25) is 0 Å². The zero-order valence-corrected chi connectivity index (χ0v) is 6.24. The Labute approximate surface area is 64.7 Å². The van der Waals surface area contributed by atoms with Crippen molar-refractivity contribution in [2.24, 2.45) is 5.73 Å².